The van der Waals surface area contributed by atoms with Crippen LogP contribution in [0.4, 0.5) is 5.69 Å². The Morgan fingerprint density at radius 3 is 2.33 bits per heavy atom. The van der Waals surface area contributed by atoms with Crippen LogP contribution in [0.15, 0.2) is 12.1 Å². The first-order valence-corrected chi connectivity index (χ1v) is 7.16. The molecule has 0 aromatic heterocycles. The Balaban J connectivity index is 3.28. The van der Waals surface area contributed by atoms with Crippen LogP contribution in [0, 0.1) is 10.1 Å². The summed E-state index contributed by atoms with van der Waals surface area (Å²) in [5, 5.41) is 11.3. The van der Waals surface area contributed by atoms with Crippen molar-refractivity contribution in [2.75, 3.05) is 20.8 Å². The van der Waals surface area contributed by atoms with Crippen LogP contribution >= 0.6 is 0 Å². The molecule has 0 radical (unpaired) electrons. The van der Waals surface area contributed by atoms with E-state index < -0.39 is 0 Å². The average Bonchev–Trinajstić information content (AvgIpc) is 2.41. The predicted octanol–water partition coefficient (Wildman–Crippen LogP) is 3.87. The largest absolute Gasteiger partial charge is 0.496 e. The number of rotatable bonds is 7. The van der Waals surface area contributed by atoms with Crippen LogP contribution in [0.2, 0.25) is 0 Å². The lowest BCUT2D eigenvalue weighted by Gasteiger charge is -2.25. The zero-order valence-electron chi connectivity index (χ0n) is 13.6. The molecule has 0 atom stereocenters. The highest BCUT2D eigenvalue weighted by Crippen LogP contribution is 2.39. The smallest absolute Gasteiger partial charge is 0.273 e. The maximum atomic E-state index is 11.3. The summed E-state index contributed by atoms with van der Waals surface area (Å²) in [5.41, 5.74) is 1.67. The van der Waals surface area contributed by atoms with Crippen LogP contribution in [0.1, 0.15) is 44.7 Å². The highest BCUT2D eigenvalue weighted by atomic mass is 16.6. The molecule has 1 rings (SSSR count). The number of nitrogens with zero attached hydrogens (tertiary/aromatic N) is 1. The predicted molar refractivity (Wildman–Crippen MR) is 83.2 cm³/mol. The molecule has 0 N–H and O–H groups in total. The lowest BCUT2D eigenvalue weighted by Crippen LogP contribution is -2.17. The Labute approximate surface area is 126 Å². The molecule has 0 saturated heterocycles. The van der Waals surface area contributed by atoms with E-state index in [4.69, 9.17) is 9.47 Å². The van der Waals surface area contributed by atoms with Crippen molar-refractivity contribution in [2.24, 2.45) is 0 Å². The van der Waals surface area contributed by atoms with Gasteiger partial charge in [0.05, 0.1) is 12.0 Å². The van der Waals surface area contributed by atoms with E-state index in [0.29, 0.717) is 13.0 Å². The topological polar surface area (TPSA) is 61.6 Å². The van der Waals surface area contributed by atoms with Crippen molar-refractivity contribution in [2.45, 2.75) is 45.4 Å². The lowest BCUT2D eigenvalue weighted by molar-refractivity contribution is -0.385. The summed E-state index contributed by atoms with van der Waals surface area (Å²) >= 11 is 0. The van der Waals surface area contributed by atoms with E-state index in [1.807, 2.05) is 20.8 Å². The quantitative estimate of drug-likeness (QED) is 0.435. The van der Waals surface area contributed by atoms with Gasteiger partial charge in [0.15, 0.2) is 0 Å². The third-order valence-electron chi connectivity index (χ3n) is 3.44. The maximum absolute atomic E-state index is 11.3. The fourth-order valence-corrected chi connectivity index (χ4v) is 2.58. The molecule has 0 fully saturated rings. The zero-order valence-corrected chi connectivity index (χ0v) is 13.6. The van der Waals surface area contributed by atoms with Crippen molar-refractivity contribution in [1.29, 1.82) is 0 Å². The maximum Gasteiger partial charge on any atom is 0.273 e. The summed E-state index contributed by atoms with van der Waals surface area (Å²) in [6, 6.07) is 3.23. The summed E-state index contributed by atoms with van der Waals surface area (Å²) in [7, 11) is 3.26. The van der Waals surface area contributed by atoms with E-state index >= 15 is 0 Å². The molecule has 1 aromatic rings. The molecule has 0 saturated carbocycles. The Morgan fingerprint density at radius 1 is 1.19 bits per heavy atom. The monoisotopic (exact) mass is 295 g/mol. The van der Waals surface area contributed by atoms with Gasteiger partial charge in [0.25, 0.3) is 5.69 Å². The van der Waals surface area contributed by atoms with E-state index in [-0.39, 0.29) is 16.0 Å². The number of nitro benzene ring substituents is 1. The summed E-state index contributed by atoms with van der Waals surface area (Å²) < 4.78 is 10.5. The number of hydrogen-bond acceptors (Lipinski definition) is 4. The second-order valence-corrected chi connectivity index (χ2v) is 6.10. The normalized spacial score (nSPS) is 11.5. The van der Waals surface area contributed by atoms with Crippen molar-refractivity contribution in [3.05, 3.63) is 33.4 Å². The van der Waals surface area contributed by atoms with Crippen LogP contribution in [-0.2, 0) is 16.6 Å². The second kappa shape index (κ2) is 7.41. The van der Waals surface area contributed by atoms with Gasteiger partial charge in [-0.2, -0.15) is 0 Å². The molecule has 21 heavy (non-hydrogen) atoms. The van der Waals surface area contributed by atoms with Crippen LogP contribution in [-0.4, -0.2) is 25.7 Å². The van der Waals surface area contributed by atoms with Crippen molar-refractivity contribution < 1.29 is 14.4 Å². The van der Waals surface area contributed by atoms with Gasteiger partial charge in [-0.3, -0.25) is 10.1 Å². The number of hydrogen-bond donors (Lipinski definition) is 0. The first kappa shape index (κ1) is 17.4. The number of nitro groups is 1. The molecule has 5 nitrogen and oxygen atoms in total. The minimum absolute atomic E-state index is 0.179. The Bertz CT molecular complexity index is 492. The van der Waals surface area contributed by atoms with Gasteiger partial charge in [0.2, 0.25) is 0 Å². The van der Waals surface area contributed by atoms with E-state index in [1.165, 1.54) is 0 Å². The van der Waals surface area contributed by atoms with E-state index in [0.717, 1.165) is 29.7 Å². The van der Waals surface area contributed by atoms with Crippen molar-refractivity contribution in [3.8, 4) is 5.75 Å². The van der Waals surface area contributed by atoms with Gasteiger partial charge in [0, 0.05) is 30.9 Å². The van der Waals surface area contributed by atoms with Crippen LogP contribution < -0.4 is 4.74 Å². The summed E-state index contributed by atoms with van der Waals surface area (Å²) in [5.74, 6) is 0.717. The van der Waals surface area contributed by atoms with Crippen LogP contribution in [0.25, 0.3) is 0 Å². The van der Waals surface area contributed by atoms with Crippen LogP contribution in [0.3, 0.4) is 0 Å². The summed E-state index contributed by atoms with van der Waals surface area (Å²) in [6.45, 7) is 6.82. The highest BCUT2D eigenvalue weighted by Gasteiger charge is 2.28. The molecule has 1 aromatic carbocycles. The van der Waals surface area contributed by atoms with Crippen molar-refractivity contribution in [3.63, 3.8) is 0 Å². The Morgan fingerprint density at radius 2 is 1.86 bits per heavy atom. The van der Waals surface area contributed by atoms with E-state index in [2.05, 4.69) is 0 Å². The number of methoxy groups -OCH3 is 2. The van der Waals surface area contributed by atoms with Crippen LogP contribution in [0.5, 0.6) is 5.75 Å². The third-order valence-corrected chi connectivity index (χ3v) is 3.44. The average molecular weight is 295 g/mol. The van der Waals surface area contributed by atoms with E-state index in [1.54, 1.807) is 26.4 Å². The molecule has 0 bridgehead atoms. The number of unbranched alkanes of at least 4 members (excludes halogenated alkanes) is 1. The molecule has 118 valence electrons. The van der Waals surface area contributed by atoms with Gasteiger partial charge < -0.3 is 9.47 Å². The first-order valence-electron chi connectivity index (χ1n) is 7.16. The molecule has 0 unspecified atom stereocenters. The first-order chi connectivity index (χ1) is 9.82. The molecule has 5 heteroatoms. The minimum Gasteiger partial charge on any atom is -0.496 e. The molecule has 0 amide bonds. The van der Waals surface area contributed by atoms with Gasteiger partial charge in [-0.25, -0.2) is 0 Å². The molecule has 0 aliphatic carbocycles. The SMILES string of the molecule is COCCCCc1c([N+](=O)[O-])ccc(OC)c1C(C)(C)C. The molecule has 0 spiro atoms. The Hall–Kier alpha value is -1.62. The Kier molecular flexibility index (Phi) is 6.15. The van der Waals surface area contributed by atoms with Gasteiger partial charge in [-0.1, -0.05) is 20.8 Å². The fourth-order valence-electron chi connectivity index (χ4n) is 2.58. The zero-order chi connectivity index (χ0) is 16.0. The van der Waals surface area contributed by atoms with Crippen molar-refractivity contribution in [1.82, 2.24) is 0 Å². The lowest BCUT2D eigenvalue weighted by atomic mass is 9.81. The fraction of sp³-hybridized carbons (Fsp3) is 0.625. The van der Waals surface area contributed by atoms with Gasteiger partial charge in [-0.15, -0.1) is 0 Å². The highest BCUT2D eigenvalue weighted by molar-refractivity contribution is 5.55. The van der Waals surface area contributed by atoms with Gasteiger partial charge in [0.1, 0.15) is 5.75 Å². The number of ether oxygens (including phenoxy) is 2. The molecule has 0 aliphatic rings. The molecule has 0 heterocycles. The summed E-state index contributed by atoms with van der Waals surface area (Å²) in [6.07, 6.45) is 2.39. The van der Waals surface area contributed by atoms with Crippen molar-refractivity contribution >= 4 is 5.69 Å². The van der Waals surface area contributed by atoms with Gasteiger partial charge in [-0.05, 0) is 30.7 Å². The number of benzene rings is 1. The van der Waals surface area contributed by atoms with E-state index in [9.17, 15) is 10.1 Å². The second-order valence-electron chi connectivity index (χ2n) is 6.10. The third kappa shape index (κ3) is 4.43. The summed E-state index contributed by atoms with van der Waals surface area (Å²) in [4.78, 5) is 11.0. The standard InChI is InChI=1S/C16H25NO4/c1-16(2,3)15-12(8-6-7-11-20-4)13(17(18)19)9-10-14(15)21-5/h9-10H,6-8,11H2,1-5H3. The minimum atomic E-state index is -0.305. The molecular formula is C16H25NO4. The molecular weight excluding hydrogens is 270 g/mol. The molecule has 0 aliphatic heterocycles. The van der Waals surface area contributed by atoms with Gasteiger partial charge >= 0.3 is 0 Å².